The van der Waals surface area contributed by atoms with Crippen LogP contribution in [0.2, 0.25) is 0 Å². The van der Waals surface area contributed by atoms with Gasteiger partial charge in [0, 0.05) is 6.54 Å². The van der Waals surface area contributed by atoms with Crippen molar-refractivity contribution < 1.29 is 13.5 Å². The first-order valence-electron chi connectivity index (χ1n) is 7.80. The van der Waals surface area contributed by atoms with Gasteiger partial charge in [0.15, 0.2) is 0 Å². The van der Waals surface area contributed by atoms with Crippen molar-refractivity contribution in [3.63, 3.8) is 0 Å². The highest BCUT2D eigenvalue weighted by Gasteiger charge is 2.36. The SMILES string of the molecule is O=S(=O)(CC1CCC1)N(CCO)C1CCc2ccccc21. The lowest BCUT2D eigenvalue weighted by molar-refractivity contribution is 0.223. The molecule has 1 unspecified atom stereocenters. The first kappa shape index (κ1) is 15.0. The van der Waals surface area contributed by atoms with Crippen molar-refractivity contribution >= 4 is 10.0 Å². The van der Waals surface area contributed by atoms with E-state index in [2.05, 4.69) is 6.07 Å². The number of hydrogen-bond donors (Lipinski definition) is 1. The minimum absolute atomic E-state index is 0.0987. The van der Waals surface area contributed by atoms with Crippen LogP contribution < -0.4 is 0 Å². The average Bonchev–Trinajstić information content (AvgIpc) is 2.84. The van der Waals surface area contributed by atoms with E-state index >= 15 is 0 Å². The monoisotopic (exact) mass is 309 g/mol. The Morgan fingerprint density at radius 2 is 1.95 bits per heavy atom. The van der Waals surface area contributed by atoms with Crippen LogP contribution in [0.3, 0.4) is 0 Å². The molecule has 1 atom stereocenters. The third-order valence-corrected chi connectivity index (χ3v) is 6.84. The van der Waals surface area contributed by atoms with E-state index < -0.39 is 10.0 Å². The Balaban J connectivity index is 1.84. The van der Waals surface area contributed by atoms with Crippen LogP contribution in [0.1, 0.15) is 42.9 Å². The molecular formula is C16H23NO3S. The summed E-state index contributed by atoms with van der Waals surface area (Å²) in [7, 11) is -3.30. The second-order valence-corrected chi connectivity index (χ2v) is 8.13. The molecule has 0 aromatic heterocycles. The normalized spacial score (nSPS) is 22.3. The maximum Gasteiger partial charge on any atom is 0.215 e. The molecule has 0 bridgehead atoms. The Morgan fingerprint density at radius 3 is 2.62 bits per heavy atom. The lowest BCUT2D eigenvalue weighted by atomic mass is 9.87. The summed E-state index contributed by atoms with van der Waals surface area (Å²) in [4.78, 5) is 0. The van der Waals surface area contributed by atoms with Crippen molar-refractivity contribution in [1.82, 2.24) is 4.31 Å². The molecule has 0 spiro atoms. The van der Waals surface area contributed by atoms with Crippen LogP contribution >= 0.6 is 0 Å². The third-order valence-electron chi connectivity index (χ3n) is 4.80. The van der Waals surface area contributed by atoms with E-state index in [0.717, 1.165) is 37.7 Å². The Labute approximate surface area is 126 Å². The van der Waals surface area contributed by atoms with Gasteiger partial charge in [0.2, 0.25) is 10.0 Å². The highest BCUT2D eigenvalue weighted by atomic mass is 32.2. The molecular weight excluding hydrogens is 286 g/mol. The second-order valence-electron chi connectivity index (χ2n) is 6.16. The highest BCUT2D eigenvalue weighted by Crippen LogP contribution is 2.38. The van der Waals surface area contributed by atoms with Crippen molar-refractivity contribution in [2.75, 3.05) is 18.9 Å². The van der Waals surface area contributed by atoms with Gasteiger partial charge in [0.25, 0.3) is 0 Å². The molecule has 1 N–H and O–H groups in total. The molecule has 3 rings (SSSR count). The molecule has 0 amide bonds. The Kier molecular flexibility index (Phi) is 4.33. The van der Waals surface area contributed by atoms with Crippen LogP contribution in [0.15, 0.2) is 24.3 Å². The van der Waals surface area contributed by atoms with Gasteiger partial charge in [0.05, 0.1) is 18.4 Å². The van der Waals surface area contributed by atoms with Crippen LogP contribution in [0, 0.1) is 5.92 Å². The molecule has 1 fully saturated rings. The number of nitrogens with zero attached hydrogens (tertiary/aromatic N) is 1. The molecule has 2 aliphatic rings. The molecule has 2 aliphatic carbocycles. The van der Waals surface area contributed by atoms with Gasteiger partial charge in [-0.25, -0.2) is 8.42 Å². The lowest BCUT2D eigenvalue weighted by Gasteiger charge is -2.32. The molecule has 0 saturated heterocycles. The van der Waals surface area contributed by atoms with E-state index in [0.29, 0.717) is 5.92 Å². The van der Waals surface area contributed by atoms with Crippen molar-refractivity contribution in [3.8, 4) is 0 Å². The summed E-state index contributed by atoms with van der Waals surface area (Å²) in [6, 6.07) is 7.97. The topological polar surface area (TPSA) is 57.6 Å². The van der Waals surface area contributed by atoms with Gasteiger partial charge in [-0.05, 0) is 42.7 Å². The van der Waals surface area contributed by atoms with Gasteiger partial charge in [-0.2, -0.15) is 4.31 Å². The largest absolute Gasteiger partial charge is 0.395 e. The van der Waals surface area contributed by atoms with E-state index in [1.807, 2.05) is 18.2 Å². The Bertz CT molecular complexity index is 595. The summed E-state index contributed by atoms with van der Waals surface area (Å²) in [5.41, 5.74) is 2.35. The smallest absolute Gasteiger partial charge is 0.215 e. The number of benzene rings is 1. The molecule has 116 valence electrons. The zero-order valence-corrected chi connectivity index (χ0v) is 13.1. The molecule has 21 heavy (non-hydrogen) atoms. The summed E-state index contributed by atoms with van der Waals surface area (Å²) >= 11 is 0. The summed E-state index contributed by atoms with van der Waals surface area (Å²) in [5, 5.41) is 9.31. The zero-order chi connectivity index (χ0) is 14.9. The van der Waals surface area contributed by atoms with Gasteiger partial charge in [-0.15, -0.1) is 0 Å². The summed E-state index contributed by atoms with van der Waals surface area (Å²) in [6.07, 6.45) is 4.93. The fourth-order valence-electron chi connectivity index (χ4n) is 3.47. The standard InChI is InChI=1S/C16H23NO3S/c18-11-10-17(21(19,20)12-13-4-3-5-13)16-9-8-14-6-1-2-7-15(14)16/h1-2,6-7,13,16,18H,3-5,8-12H2. The minimum atomic E-state index is -3.30. The van der Waals surface area contributed by atoms with E-state index in [-0.39, 0.29) is 24.9 Å². The molecule has 5 heteroatoms. The van der Waals surface area contributed by atoms with Gasteiger partial charge < -0.3 is 5.11 Å². The summed E-state index contributed by atoms with van der Waals surface area (Å²) in [5.74, 6) is 0.555. The number of aliphatic hydroxyl groups is 1. The maximum atomic E-state index is 12.7. The Morgan fingerprint density at radius 1 is 1.19 bits per heavy atom. The summed E-state index contributed by atoms with van der Waals surface area (Å²) < 4.78 is 27.0. The van der Waals surface area contributed by atoms with Gasteiger partial charge >= 0.3 is 0 Å². The molecule has 1 saturated carbocycles. The molecule has 0 aliphatic heterocycles. The second kappa shape index (κ2) is 6.07. The molecule has 1 aromatic carbocycles. The number of aliphatic hydroxyl groups excluding tert-OH is 1. The fraction of sp³-hybridized carbons (Fsp3) is 0.625. The van der Waals surface area contributed by atoms with Crippen molar-refractivity contribution in [1.29, 1.82) is 0 Å². The van der Waals surface area contributed by atoms with Gasteiger partial charge in [-0.1, -0.05) is 30.7 Å². The van der Waals surface area contributed by atoms with Crippen LogP contribution in [-0.4, -0.2) is 36.7 Å². The molecule has 1 aromatic rings. The van der Waals surface area contributed by atoms with Crippen molar-refractivity contribution in [2.45, 2.75) is 38.1 Å². The third kappa shape index (κ3) is 3.00. The van der Waals surface area contributed by atoms with E-state index in [4.69, 9.17) is 0 Å². The highest BCUT2D eigenvalue weighted by molar-refractivity contribution is 7.89. The minimum Gasteiger partial charge on any atom is -0.395 e. The molecule has 4 nitrogen and oxygen atoms in total. The maximum absolute atomic E-state index is 12.7. The van der Waals surface area contributed by atoms with Crippen molar-refractivity contribution in [2.24, 2.45) is 5.92 Å². The van der Waals surface area contributed by atoms with Gasteiger partial charge in [0.1, 0.15) is 0 Å². The average molecular weight is 309 g/mol. The molecule has 0 radical (unpaired) electrons. The number of fused-ring (bicyclic) bond motifs is 1. The zero-order valence-electron chi connectivity index (χ0n) is 12.2. The number of aryl methyl sites for hydroxylation is 1. The van der Waals surface area contributed by atoms with Crippen LogP contribution in [0.25, 0.3) is 0 Å². The van der Waals surface area contributed by atoms with Crippen molar-refractivity contribution in [3.05, 3.63) is 35.4 Å². The fourth-order valence-corrected chi connectivity index (χ4v) is 5.56. The van der Waals surface area contributed by atoms with E-state index in [1.165, 1.54) is 5.56 Å². The molecule has 0 heterocycles. The lowest BCUT2D eigenvalue weighted by Crippen LogP contribution is -2.40. The first-order chi connectivity index (χ1) is 10.1. The Hall–Kier alpha value is -0.910. The quantitative estimate of drug-likeness (QED) is 0.875. The number of rotatable bonds is 6. The van der Waals surface area contributed by atoms with Crippen LogP contribution in [0.4, 0.5) is 0 Å². The number of hydrogen-bond acceptors (Lipinski definition) is 3. The first-order valence-corrected chi connectivity index (χ1v) is 9.41. The van der Waals surface area contributed by atoms with Crippen LogP contribution in [0.5, 0.6) is 0 Å². The predicted molar refractivity (Wildman–Crippen MR) is 82.4 cm³/mol. The van der Waals surface area contributed by atoms with Crippen LogP contribution in [-0.2, 0) is 16.4 Å². The van der Waals surface area contributed by atoms with Gasteiger partial charge in [-0.3, -0.25) is 0 Å². The summed E-state index contributed by atoms with van der Waals surface area (Å²) in [6.45, 7) is 0.0800. The number of sulfonamides is 1. The van der Waals surface area contributed by atoms with E-state index in [9.17, 15) is 13.5 Å². The predicted octanol–water partition coefficient (Wildman–Crippen LogP) is 2.10. The van der Waals surface area contributed by atoms with E-state index in [1.54, 1.807) is 4.31 Å².